The Balaban J connectivity index is 0.981. The number of hydrogen-bond acceptors (Lipinski definition) is 7. The van der Waals surface area contributed by atoms with Crippen LogP contribution in [0.3, 0.4) is 0 Å². The summed E-state index contributed by atoms with van der Waals surface area (Å²) in [5.41, 5.74) is 5.94. The molecule has 3 aliphatic rings. The first-order valence-electron chi connectivity index (χ1n) is 27.7. The van der Waals surface area contributed by atoms with Gasteiger partial charge in [0.2, 0.25) is 11.8 Å². The first-order chi connectivity index (χ1) is 38.2. The lowest BCUT2D eigenvalue weighted by Crippen LogP contribution is -2.56. The zero-order valence-electron chi connectivity index (χ0n) is 44.7. The van der Waals surface area contributed by atoms with Crippen LogP contribution in [0.25, 0.3) is 54.0 Å². The number of pyridine rings is 1. The number of rotatable bonds is 13. The lowest BCUT2D eigenvalue weighted by atomic mass is 9.72. The van der Waals surface area contributed by atoms with Crippen LogP contribution in [0.15, 0.2) is 212 Å². The fourth-order valence-electron chi connectivity index (χ4n) is 12.9. The van der Waals surface area contributed by atoms with Crippen molar-refractivity contribution in [3.05, 3.63) is 240 Å². The number of hydrogen-bond donors (Lipinski definition) is 0. The molecule has 2 bridgehead atoms. The largest absolute Gasteiger partial charge is 0.467 e. The van der Waals surface area contributed by atoms with Crippen molar-refractivity contribution in [2.24, 2.45) is 17.3 Å². The summed E-state index contributed by atoms with van der Waals surface area (Å²) >= 11 is 0. The number of amides is 1. The van der Waals surface area contributed by atoms with E-state index in [-0.39, 0.29) is 17.4 Å². The van der Waals surface area contributed by atoms with Crippen LogP contribution in [0.5, 0.6) is 11.8 Å². The van der Waals surface area contributed by atoms with Crippen LogP contribution in [0.4, 0.5) is 5.69 Å². The van der Waals surface area contributed by atoms with Gasteiger partial charge < -0.3 is 9.47 Å². The van der Waals surface area contributed by atoms with Crippen LogP contribution >= 0.6 is 0 Å². The Morgan fingerprint density at radius 1 is 0.615 bits per heavy atom. The maximum Gasteiger partial charge on any atom is 0.259 e. The number of carbonyl (C=O) groups excluding carboxylic acids is 1. The van der Waals surface area contributed by atoms with Gasteiger partial charge in [-0.15, -0.1) is 10.2 Å². The molecule has 386 valence electrons. The molecule has 1 amide bonds. The van der Waals surface area contributed by atoms with Crippen molar-refractivity contribution in [2.75, 3.05) is 18.0 Å². The average Bonchev–Trinajstić information content (AvgIpc) is 3.63. The highest BCUT2D eigenvalue weighted by Gasteiger charge is 2.45. The molecule has 2 aromatic heterocycles. The average molecular weight is 1020 g/mol. The molecule has 11 aromatic rings. The van der Waals surface area contributed by atoms with E-state index in [1.807, 2.05) is 83.9 Å². The van der Waals surface area contributed by atoms with Gasteiger partial charge >= 0.3 is 0 Å². The van der Waals surface area contributed by atoms with Crippen molar-refractivity contribution in [3.8, 4) is 11.8 Å². The third kappa shape index (κ3) is 9.07. The Bertz CT molecular complexity index is 3900. The summed E-state index contributed by atoms with van der Waals surface area (Å²) in [4.78, 5) is 25.0. The predicted octanol–water partition coefficient (Wildman–Crippen LogP) is 16.5. The molecule has 3 fully saturated rings. The maximum atomic E-state index is 15.3. The zero-order valence-corrected chi connectivity index (χ0v) is 44.7. The van der Waals surface area contributed by atoms with Gasteiger partial charge in [0.15, 0.2) is 0 Å². The van der Waals surface area contributed by atoms with Crippen LogP contribution < -0.4 is 14.4 Å². The number of ether oxygens (including phenoxy) is 2. The minimum Gasteiger partial charge on any atom is -0.467 e. The third-order valence-electron chi connectivity index (χ3n) is 16.8. The molecule has 8 heteroatoms. The van der Waals surface area contributed by atoms with Crippen LogP contribution in [0, 0.1) is 17.3 Å². The number of nitrogens with zero attached hydrogens (tertiary/aromatic N) is 5. The first-order valence-corrected chi connectivity index (χ1v) is 27.7. The van der Waals surface area contributed by atoms with Crippen molar-refractivity contribution in [2.45, 2.75) is 71.2 Å². The molecule has 78 heavy (non-hydrogen) atoms. The van der Waals surface area contributed by atoms with E-state index in [1.54, 1.807) is 0 Å². The summed E-state index contributed by atoms with van der Waals surface area (Å²) < 4.78 is 15.1. The van der Waals surface area contributed by atoms with E-state index in [4.69, 9.17) is 24.7 Å². The van der Waals surface area contributed by atoms with Gasteiger partial charge in [-0.1, -0.05) is 186 Å². The van der Waals surface area contributed by atoms with Crippen molar-refractivity contribution >= 4 is 65.6 Å². The van der Waals surface area contributed by atoms with E-state index in [0.717, 1.165) is 108 Å². The van der Waals surface area contributed by atoms with E-state index in [9.17, 15) is 0 Å². The highest BCUT2D eigenvalue weighted by Crippen LogP contribution is 2.48. The molecule has 0 spiro atoms. The van der Waals surface area contributed by atoms with Crippen LogP contribution in [0.2, 0.25) is 0 Å². The Hall–Kier alpha value is -8.46. The quantitative estimate of drug-likeness (QED) is 0.106. The van der Waals surface area contributed by atoms with Crippen molar-refractivity contribution in [1.82, 2.24) is 20.1 Å². The molecule has 5 heterocycles. The number of anilines is 1. The Kier molecular flexibility index (Phi) is 12.9. The van der Waals surface area contributed by atoms with Gasteiger partial charge in [0, 0.05) is 45.9 Å². The van der Waals surface area contributed by atoms with Crippen molar-refractivity contribution in [1.29, 1.82) is 0 Å². The van der Waals surface area contributed by atoms with Crippen LogP contribution in [-0.2, 0) is 0 Å². The Labute approximate surface area is 456 Å². The molecular weight excluding hydrogens is 959 g/mol. The van der Waals surface area contributed by atoms with E-state index >= 15 is 4.79 Å². The molecule has 0 aliphatic carbocycles. The van der Waals surface area contributed by atoms with Crippen molar-refractivity contribution < 1.29 is 14.3 Å². The normalized spacial score (nSPS) is 18.2. The van der Waals surface area contributed by atoms with Gasteiger partial charge in [-0.3, -0.25) is 19.6 Å². The predicted molar refractivity (Wildman–Crippen MR) is 316 cm³/mol. The first kappa shape index (κ1) is 49.1. The number of piperidine rings is 3. The van der Waals surface area contributed by atoms with E-state index in [0.29, 0.717) is 29.2 Å². The third-order valence-corrected chi connectivity index (χ3v) is 16.8. The molecule has 8 nitrogen and oxygen atoms in total. The highest BCUT2D eigenvalue weighted by molar-refractivity contribution is 6.08. The highest BCUT2D eigenvalue weighted by atomic mass is 16.5. The number of fused-ring (bicyclic) bond motifs is 8. The molecule has 1 unspecified atom stereocenters. The Morgan fingerprint density at radius 3 is 1.76 bits per heavy atom. The summed E-state index contributed by atoms with van der Waals surface area (Å²) in [6.45, 7) is 11.1. The van der Waals surface area contributed by atoms with E-state index in [1.165, 1.54) is 6.42 Å². The van der Waals surface area contributed by atoms with Crippen LogP contribution in [-0.4, -0.2) is 45.1 Å². The zero-order chi connectivity index (χ0) is 52.9. The fourth-order valence-corrected chi connectivity index (χ4v) is 12.9. The minimum absolute atomic E-state index is 0.0300. The maximum absolute atomic E-state index is 15.3. The SMILES string of the molecule is CC[C@H]1CN2CC[C@H]1C[C@@H]2[C@@H](Oc1nnc(O[C@@H](c2c3ccccc3cc3ccccc23)C(C)(C)C)c2cc3ccccc3cc12)c1ccnc2ccc(N(C(=O)c3ccccc3)C(c3ccccc3)c3ccccc3)cc12. The second kappa shape index (κ2) is 20.5. The fraction of sp³-hybridized carbons (Fsp3) is 0.229. The standard InChI is InChI=1S/C70H63N5O3/c1-5-45-44-74-38-36-51(45)42-62(74)65(57-35-37-71-61-34-33-54(43-58(57)61)75(69(76)48-25-13-8-14-26-48)64(46-21-9-6-10-22-46)47-23-11-7-12-24-47)77-67-59-40-49-27-15-16-28-50(49)41-60(59)68(73-72-67)78-66(70(2,3)4)63-55-31-19-17-29-52(55)39-53-30-18-20-32-56(53)63/h6-35,37,39-41,43,45,51,62,64-66H,5,36,38,42,44H2,1-4H3/t45-,51-,62+,65-,66-/m0/s1. The van der Waals surface area contributed by atoms with Gasteiger partial charge in [0.1, 0.15) is 12.2 Å². The molecule has 3 aliphatic heterocycles. The second-order valence-electron chi connectivity index (χ2n) is 22.6. The van der Waals surface area contributed by atoms with Crippen LogP contribution in [0.1, 0.15) is 97.8 Å². The molecule has 0 N–H and O–H groups in total. The van der Waals surface area contributed by atoms with Gasteiger partial charge in [0.05, 0.1) is 28.4 Å². The Morgan fingerprint density at radius 2 is 1.18 bits per heavy atom. The summed E-state index contributed by atoms with van der Waals surface area (Å²) in [5, 5.41) is 19.5. The van der Waals surface area contributed by atoms with Gasteiger partial charge in [0.25, 0.3) is 5.91 Å². The lowest BCUT2D eigenvalue weighted by molar-refractivity contribution is -0.0492. The molecule has 3 saturated heterocycles. The monoisotopic (exact) mass is 1020 g/mol. The smallest absolute Gasteiger partial charge is 0.259 e. The summed E-state index contributed by atoms with van der Waals surface area (Å²) in [6, 6.07) is 70.5. The summed E-state index contributed by atoms with van der Waals surface area (Å²) in [7, 11) is 0. The van der Waals surface area contributed by atoms with Crippen molar-refractivity contribution in [3.63, 3.8) is 0 Å². The molecule has 6 atom stereocenters. The van der Waals surface area contributed by atoms with E-state index in [2.05, 4.69) is 166 Å². The summed E-state index contributed by atoms with van der Waals surface area (Å²) in [5.74, 6) is 1.99. The van der Waals surface area contributed by atoms with E-state index < -0.39 is 18.2 Å². The lowest BCUT2D eigenvalue weighted by Gasteiger charge is -2.51. The molecule has 14 rings (SSSR count). The van der Waals surface area contributed by atoms with Gasteiger partial charge in [-0.2, -0.15) is 0 Å². The number of carbonyl (C=O) groups is 1. The second-order valence-corrected chi connectivity index (χ2v) is 22.6. The number of benzene rings is 9. The molecule has 0 radical (unpaired) electrons. The molecule has 9 aromatic carbocycles. The topological polar surface area (TPSA) is 80.7 Å². The molecule has 0 saturated carbocycles. The van der Waals surface area contributed by atoms with Gasteiger partial charge in [-0.25, -0.2) is 0 Å². The molecular formula is C70H63N5O3. The summed E-state index contributed by atoms with van der Waals surface area (Å²) in [6.07, 6.45) is 4.32. The minimum atomic E-state index is -0.483. The van der Waals surface area contributed by atoms with Gasteiger partial charge in [-0.05, 0) is 129 Å². The number of aromatic nitrogens is 3.